The van der Waals surface area contributed by atoms with E-state index >= 15 is 0 Å². The Hall–Kier alpha value is -2.20. The minimum Gasteiger partial charge on any atom is -0.490 e. The number of nitrogens with one attached hydrogen (secondary N) is 1. The quantitative estimate of drug-likeness (QED) is 0.787. The fraction of sp³-hybridized carbons (Fsp3) is 0.278. The standard InChI is InChI=1S/C18H20ClNO3/c1-13-7-3-5-9-16(13)23-14(2)18(21)20-11-12-22-17-10-6-4-8-15(17)19/h3-10,14H,11-12H2,1-2H3,(H,20,21)/t14-/m0/s1. The Bertz CT molecular complexity index is 660. The summed E-state index contributed by atoms with van der Waals surface area (Å²) in [6.45, 7) is 4.38. The number of hydrogen-bond acceptors (Lipinski definition) is 3. The van der Waals surface area contributed by atoms with Crippen LogP contribution in [-0.2, 0) is 4.79 Å². The second kappa shape index (κ2) is 8.44. The maximum absolute atomic E-state index is 12.0. The van der Waals surface area contributed by atoms with Crippen LogP contribution in [0, 0.1) is 6.92 Å². The van der Waals surface area contributed by atoms with Gasteiger partial charge in [0.2, 0.25) is 0 Å². The molecule has 0 spiro atoms. The molecule has 1 N–H and O–H groups in total. The summed E-state index contributed by atoms with van der Waals surface area (Å²) in [6.07, 6.45) is -0.573. The van der Waals surface area contributed by atoms with E-state index in [1.165, 1.54) is 0 Å². The highest BCUT2D eigenvalue weighted by Gasteiger charge is 2.14. The van der Waals surface area contributed by atoms with Crippen LogP contribution < -0.4 is 14.8 Å². The van der Waals surface area contributed by atoms with Crippen molar-refractivity contribution < 1.29 is 14.3 Å². The predicted octanol–water partition coefficient (Wildman–Crippen LogP) is 3.61. The first-order valence-corrected chi connectivity index (χ1v) is 7.83. The van der Waals surface area contributed by atoms with E-state index in [9.17, 15) is 4.79 Å². The average Bonchev–Trinajstić information content (AvgIpc) is 2.55. The summed E-state index contributed by atoms with van der Waals surface area (Å²) >= 11 is 5.99. The maximum Gasteiger partial charge on any atom is 0.260 e. The second-order valence-corrected chi connectivity index (χ2v) is 5.50. The van der Waals surface area contributed by atoms with E-state index in [1.54, 1.807) is 19.1 Å². The first kappa shape index (κ1) is 17.2. The first-order valence-electron chi connectivity index (χ1n) is 7.45. The van der Waals surface area contributed by atoms with E-state index in [4.69, 9.17) is 21.1 Å². The number of para-hydroxylation sites is 2. The number of carbonyl (C=O) groups is 1. The zero-order chi connectivity index (χ0) is 16.7. The Labute approximate surface area is 141 Å². The van der Waals surface area contributed by atoms with Crippen molar-refractivity contribution >= 4 is 17.5 Å². The number of aryl methyl sites for hydroxylation is 1. The molecule has 0 radical (unpaired) electrons. The van der Waals surface area contributed by atoms with Gasteiger partial charge in [-0.25, -0.2) is 0 Å². The lowest BCUT2D eigenvalue weighted by Gasteiger charge is -2.16. The molecule has 1 amide bonds. The molecule has 0 saturated heterocycles. The van der Waals surface area contributed by atoms with E-state index < -0.39 is 6.10 Å². The highest BCUT2D eigenvalue weighted by atomic mass is 35.5. The van der Waals surface area contributed by atoms with E-state index in [0.29, 0.717) is 29.7 Å². The molecule has 2 aromatic carbocycles. The Kier molecular flexibility index (Phi) is 6.29. The minimum absolute atomic E-state index is 0.184. The highest BCUT2D eigenvalue weighted by molar-refractivity contribution is 6.32. The molecule has 23 heavy (non-hydrogen) atoms. The van der Waals surface area contributed by atoms with Crippen molar-refractivity contribution in [3.8, 4) is 11.5 Å². The number of hydrogen-bond donors (Lipinski definition) is 1. The Morgan fingerprint density at radius 3 is 2.48 bits per heavy atom. The molecular weight excluding hydrogens is 314 g/mol. The molecule has 122 valence electrons. The third-order valence-electron chi connectivity index (χ3n) is 3.26. The largest absolute Gasteiger partial charge is 0.490 e. The van der Waals surface area contributed by atoms with Crippen molar-refractivity contribution in [3.63, 3.8) is 0 Å². The summed E-state index contributed by atoms with van der Waals surface area (Å²) in [5.41, 5.74) is 0.995. The Morgan fingerprint density at radius 2 is 1.78 bits per heavy atom. The molecule has 0 saturated carbocycles. The van der Waals surface area contributed by atoms with Gasteiger partial charge >= 0.3 is 0 Å². The van der Waals surface area contributed by atoms with Gasteiger partial charge in [-0.1, -0.05) is 41.9 Å². The first-order chi connectivity index (χ1) is 11.1. The lowest BCUT2D eigenvalue weighted by molar-refractivity contribution is -0.127. The molecule has 2 rings (SSSR count). The van der Waals surface area contributed by atoms with E-state index in [2.05, 4.69) is 5.32 Å². The third kappa shape index (κ3) is 5.18. The van der Waals surface area contributed by atoms with Crippen LogP contribution in [0.2, 0.25) is 5.02 Å². The Morgan fingerprint density at radius 1 is 1.13 bits per heavy atom. The van der Waals surface area contributed by atoms with Crippen molar-refractivity contribution in [1.29, 1.82) is 0 Å². The van der Waals surface area contributed by atoms with Crippen molar-refractivity contribution in [2.45, 2.75) is 20.0 Å². The summed E-state index contributed by atoms with van der Waals surface area (Å²) in [5, 5.41) is 3.33. The highest BCUT2D eigenvalue weighted by Crippen LogP contribution is 2.22. The van der Waals surface area contributed by atoms with Crippen LogP contribution in [0.1, 0.15) is 12.5 Å². The fourth-order valence-corrected chi connectivity index (χ4v) is 2.16. The van der Waals surface area contributed by atoms with Gasteiger partial charge in [-0.15, -0.1) is 0 Å². The van der Waals surface area contributed by atoms with Gasteiger partial charge in [0.1, 0.15) is 18.1 Å². The third-order valence-corrected chi connectivity index (χ3v) is 3.57. The normalized spacial score (nSPS) is 11.6. The molecule has 4 nitrogen and oxygen atoms in total. The van der Waals surface area contributed by atoms with Gasteiger partial charge in [-0.3, -0.25) is 4.79 Å². The molecule has 0 heterocycles. The summed E-state index contributed by atoms with van der Waals surface area (Å²) in [6, 6.07) is 14.8. The van der Waals surface area contributed by atoms with Crippen LogP contribution in [0.3, 0.4) is 0 Å². The van der Waals surface area contributed by atoms with Crippen LogP contribution in [0.25, 0.3) is 0 Å². The molecule has 0 bridgehead atoms. The van der Waals surface area contributed by atoms with Crippen LogP contribution in [-0.4, -0.2) is 25.2 Å². The summed E-state index contributed by atoms with van der Waals surface area (Å²) in [7, 11) is 0. The summed E-state index contributed by atoms with van der Waals surface area (Å²) in [5.74, 6) is 1.13. The average molecular weight is 334 g/mol. The molecule has 2 aromatic rings. The van der Waals surface area contributed by atoms with Crippen molar-refractivity contribution in [2.24, 2.45) is 0 Å². The molecule has 0 fully saturated rings. The predicted molar refractivity (Wildman–Crippen MR) is 91.2 cm³/mol. The molecule has 0 aromatic heterocycles. The summed E-state index contributed by atoms with van der Waals surface area (Å²) in [4.78, 5) is 12.0. The fourth-order valence-electron chi connectivity index (χ4n) is 1.97. The SMILES string of the molecule is Cc1ccccc1O[C@@H](C)C(=O)NCCOc1ccccc1Cl. The van der Waals surface area contributed by atoms with E-state index in [-0.39, 0.29) is 5.91 Å². The maximum atomic E-state index is 12.0. The number of carbonyl (C=O) groups excluding carboxylic acids is 1. The van der Waals surface area contributed by atoms with Crippen molar-refractivity contribution in [2.75, 3.05) is 13.2 Å². The molecule has 0 aliphatic rings. The van der Waals surface area contributed by atoms with E-state index in [1.807, 2.05) is 43.3 Å². The van der Waals surface area contributed by atoms with Gasteiger partial charge in [0.25, 0.3) is 5.91 Å². The number of halogens is 1. The molecule has 0 aliphatic carbocycles. The summed E-state index contributed by atoms with van der Waals surface area (Å²) < 4.78 is 11.2. The number of amides is 1. The van der Waals surface area contributed by atoms with Crippen molar-refractivity contribution in [1.82, 2.24) is 5.32 Å². The zero-order valence-electron chi connectivity index (χ0n) is 13.2. The zero-order valence-corrected chi connectivity index (χ0v) is 14.0. The monoisotopic (exact) mass is 333 g/mol. The van der Waals surface area contributed by atoms with Gasteiger partial charge < -0.3 is 14.8 Å². The van der Waals surface area contributed by atoms with Gasteiger partial charge in [-0.05, 0) is 37.6 Å². The van der Waals surface area contributed by atoms with Gasteiger partial charge in [0.15, 0.2) is 6.10 Å². The van der Waals surface area contributed by atoms with Crippen LogP contribution in [0.15, 0.2) is 48.5 Å². The van der Waals surface area contributed by atoms with Crippen LogP contribution in [0.4, 0.5) is 0 Å². The molecule has 1 atom stereocenters. The lowest BCUT2D eigenvalue weighted by Crippen LogP contribution is -2.38. The second-order valence-electron chi connectivity index (χ2n) is 5.10. The molecule has 0 aliphatic heterocycles. The minimum atomic E-state index is -0.573. The van der Waals surface area contributed by atoms with Gasteiger partial charge in [0.05, 0.1) is 11.6 Å². The Balaban J connectivity index is 1.74. The molecular formula is C18H20ClNO3. The smallest absolute Gasteiger partial charge is 0.260 e. The van der Waals surface area contributed by atoms with Crippen molar-refractivity contribution in [3.05, 3.63) is 59.1 Å². The number of benzene rings is 2. The van der Waals surface area contributed by atoms with Gasteiger partial charge in [0, 0.05) is 0 Å². The van der Waals surface area contributed by atoms with E-state index in [0.717, 1.165) is 5.56 Å². The molecule has 5 heteroatoms. The van der Waals surface area contributed by atoms with Crippen LogP contribution >= 0.6 is 11.6 Å². The number of rotatable bonds is 7. The number of ether oxygens (including phenoxy) is 2. The van der Waals surface area contributed by atoms with Gasteiger partial charge in [-0.2, -0.15) is 0 Å². The van der Waals surface area contributed by atoms with Crippen LogP contribution in [0.5, 0.6) is 11.5 Å². The topological polar surface area (TPSA) is 47.6 Å². The molecule has 0 unspecified atom stereocenters. The lowest BCUT2D eigenvalue weighted by atomic mass is 10.2.